The van der Waals surface area contributed by atoms with E-state index in [4.69, 9.17) is 5.11 Å². The van der Waals surface area contributed by atoms with E-state index >= 15 is 0 Å². The summed E-state index contributed by atoms with van der Waals surface area (Å²) < 4.78 is 1.35. The highest BCUT2D eigenvalue weighted by atomic mass is 16.3. The van der Waals surface area contributed by atoms with Crippen LogP contribution in [0.2, 0.25) is 0 Å². The van der Waals surface area contributed by atoms with Crippen LogP contribution < -0.4 is 0 Å². The molecule has 1 rings (SSSR count). The first-order valence-corrected chi connectivity index (χ1v) is 2.83. The van der Waals surface area contributed by atoms with Gasteiger partial charge in [0.25, 0.3) is 0 Å². The third-order valence-corrected chi connectivity index (χ3v) is 1.20. The van der Waals surface area contributed by atoms with Crippen LogP contribution in [0.4, 0.5) is 0 Å². The van der Waals surface area contributed by atoms with Gasteiger partial charge in [0.15, 0.2) is 0 Å². The van der Waals surface area contributed by atoms with E-state index in [1.54, 1.807) is 7.05 Å². The molecule has 0 saturated heterocycles. The van der Waals surface area contributed by atoms with Crippen LogP contribution in [-0.4, -0.2) is 20.1 Å². The molecule has 1 aromatic rings. The SMILES string of the molecule is CCc1nnn(C)c1O. The topological polar surface area (TPSA) is 50.9 Å². The Labute approximate surface area is 53.1 Å². The van der Waals surface area contributed by atoms with Crippen LogP contribution in [-0.2, 0) is 13.5 Å². The lowest BCUT2D eigenvalue weighted by atomic mass is 10.4. The molecule has 4 nitrogen and oxygen atoms in total. The molecule has 0 aliphatic heterocycles. The Morgan fingerprint density at radius 3 is 2.56 bits per heavy atom. The Kier molecular flexibility index (Phi) is 1.38. The summed E-state index contributed by atoms with van der Waals surface area (Å²) in [6.45, 7) is 1.92. The van der Waals surface area contributed by atoms with Gasteiger partial charge in [-0.05, 0) is 6.42 Å². The monoisotopic (exact) mass is 127 g/mol. The Hall–Kier alpha value is -1.06. The molecule has 0 fully saturated rings. The molecule has 0 bridgehead atoms. The van der Waals surface area contributed by atoms with Gasteiger partial charge in [-0.15, -0.1) is 5.10 Å². The number of aromatic nitrogens is 3. The average molecular weight is 127 g/mol. The zero-order valence-corrected chi connectivity index (χ0v) is 5.50. The summed E-state index contributed by atoms with van der Waals surface area (Å²) in [5.74, 6) is 0.164. The van der Waals surface area contributed by atoms with Gasteiger partial charge < -0.3 is 5.11 Å². The minimum absolute atomic E-state index is 0.164. The largest absolute Gasteiger partial charge is 0.492 e. The number of rotatable bonds is 1. The molecule has 0 spiro atoms. The number of hydrogen-bond donors (Lipinski definition) is 1. The standard InChI is InChI=1S/C5H9N3O/c1-3-4-5(9)8(2)7-6-4/h9H,3H2,1-2H3. The lowest BCUT2D eigenvalue weighted by molar-refractivity contribution is 0.414. The fraction of sp³-hybridized carbons (Fsp3) is 0.600. The molecule has 0 aromatic carbocycles. The molecular weight excluding hydrogens is 118 g/mol. The number of hydrogen-bond acceptors (Lipinski definition) is 3. The van der Waals surface area contributed by atoms with Crippen molar-refractivity contribution in [1.82, 2.24) is 15.0 Å². The predicted molar refractivity (Wildman–Crippen MR) is 32.0 cm³/mol. The van der Waals surface area contributed by atoms with Gasteiger partial charge in [0, 0.05) is 7.05 Å². The molecule has 50 valence electrons. The zero-order valence-electron chi connectivity index (χ0n) is 5.50. The van der Waals surface area contributed by atoms with Crippen LogP contribution in [0, 0.1) is 0 Å². The molecule has 0 saturated carbocycles. The third kappa shape index (κ3) is 0.872. The minimum atomic E-state index is 0.164. The maximum atomic E-state index is 9.08. The van der Waals surface area contributed by atoms with Crippen molar-refractivity contribution in [2.45, 2.75) is 13.3 Å². The molecule has 4 heteroatoms. The Bertz CT molecular complexity index is 206. The highest BCUT2D eigenvalue weighted by Gasteiger charge is 2.03. The second-order valence-electron chi connectivity index (χ2n) is 1.84. The van der Waals surface area contributed by atoms with Gasteiger partial charge in [-0.1, -0.05) is 12.1 Å². The van der Waals surface area contributed by atoms with Gasteiger partial charge >= 0.3 is 0 Å². The Morgan fingerprint density at radius 1 is 1.67 bits per heavy atom. The van der Waals surface area contributed by atoms with Crippen LogP contribution in [0.25, 0.3) is 0 Å². The number of aryl methyl sites for hydroxylation is 2. The summed E-state index contributed by atoms with van der Waals surface area (Å²) in [6.07, 6.45) is 0.722. The molecule has 1 heterocycles. The molecule has 1 N–H and O–H groups in total. The molecule has 9 heavy (non-hydrogen) atoms. The van der Waals surface area contributed by atoms with Crippen LogP contribution in [0.5, 0.6) is 5.88 Å². The van der Waals surface area contributed by atoms with Crippen LogP contribution in [0.3, 0.4) is 0 Å². The predicted octanol–water partition coefficient (Wildman–Crippen LogP) is 0.0831. The molecule has 0 aliphatic carbocycles. The quantitative estimate of drug-likeness (QED) is 0.581. The summed E-state index contributed by atoms with van der Waals surface area (Å²) in [5, 5.41) is 16.4. The fourth-order valence-corrected chi connectivity index (χ4v) is 0.624. The van der Waals surface area contributed by atoms with E-state index in [0.717, 1.165) is 6.42 Å². The fourth-order valence-electron chi connectivity index (χ4n) is 0.624. The van der Waals surface area contributed by atoms with Crippen molar-refractivity contribution in [2.75, 3.05) is 0 Å². The molecule has 0 atom stereocenters. The number of nitrogens with zero attached hydrogens (tertiary/aromatic N) is 3. The first-order chi connectivity index (χ1) is 4.25. The van der Waals surface area contributed by atoms with E-state index in [1.807, 2.05) is 6.92 Å². The lowest BCUT2D eigenvalue weighted by Crippen LogP contribution is -1.88. The minimum Gasteiger partial charge on any atom is -0.492 e. The van der Waals surface area contributed by atoms with Crippen molar-refractivity contribution in [2.24, 2.45) is 7.05 Å². The van der Waals surface area contributed by atoms with Crippen molar-refractivity contribution in [3.8, 4) is 5.88 Å². The van der Waals surface area contributed by atoms with Gasteiger partial charge in [-0.3, -0.25) is 0 Å². The van der Waals surface area contributed by atoms with Crippen LogP contribution in [0.15, 0.2) is 0 Å². The third-order valence-electron chi connectivity index (χ3n) is 1.20. The van der Waals surface area contributed by atoms with Crippen molar-refractivity contribution >= 4 is 0 Å². The van der Waals surface area contributed by atoms with Crippen LogP contribution >= 0.6 is 0 Å². The zero-order chi connectivity index (χ0) is 6.85. The van der Waals surface area contributed by atoms with E-state index < -0.39 is 0 Å². The highest BCUT2D eigenvalue weighted by Crippen LogP contribution is 2.10. The first kappa shape index (κ1) is 6.07. The summed E-state index contributed by atoms with van der Waals surface area (Å²) in [5.41, 5.74) is 0.650. The average Bonchev–Trinajstić information content (AvgIpc) is 2.15. The van der Waals surface area contributed by atoms with Gasteiger partial charge in [-0.2, -0.15) is 0 Å². The molecule has 0 radical (unpaired) electrons. The second-order valence-corrected chi connectivity index (χ2v) is 1.84. The Balaban J connectivity index is 3.04. The van der Waals surface area contributed by atoms with E-state index in [1.165, 1.54) is 4.68 Å². The summed E-state index contributed by atoms with van der Waals surface area (Å²) in [4.78, 5) is 0. The van der Waals surface area contributed by atoms with Gasteiger partial charge in [-0.25, -0.2) is 4.68 Å². The first-order valence-electron chi connectivity index (χ1n) is 2.83. The van der Waals surface area contributed by atoms with Gasteiger partial charge in [0.05, 0.1) is 0 Å². The summed E-state index contributed by atoms with van der Waals surface area (Å²) in [7, 11) is 1.65. The van der Waals surface area contributed by atoms with Gasteiger partial charge in [0.2, 0.25) is 5.88 Å². The maximum absolute atomic E-state index is 9.08. The van der Waals surface area contributed by atoms with Gasteiger partial charge in [0.1, 0.15) is 5.69 Å². The molecule has 0 aliphatic rings. The maximum Gasteiger partial charge on any atom is 0.233 e. The normalized spacial score (nSPS) is 10.0. The smallest absolute Gasteiger partial charge is 0.233 e. The molecule has 0 unspecified atom stereocenters. The Morgan fingerprint density at radius 2 is 2.33 bits per heavy atom. The van der Waals surface area contributed by atoms with Crippen molar-refractivity contribution in [1.29, 1.82) is 0 Å². The van der Waals surface area contributed by atoms with Crippen LogP contribution in [0.1, 0.15) is 12.6 Å². The summed E-state index contributed by atoms with van der Waals surface area (Å²) >= 11 is 0. The molecular formula is C5H9N3O. The summed E-state index contributed by atoms with van der Waals surface area (Å²) in [6, 6.07) is 0. The van der Waals surface area contributed by atoms with E-state index in [-0.39, 0.29) is 5.88 Å². The second kappa shape index (κ2) is 2.05. The number of aromatic hydroxyl groups is 1. The molecule has 1 aromatic heterocycles. The van der Waals surface area contributed by atoms with Crippen molar-refractivity contribution in [3.05, 3.63) is 5.69 Å². The van der Waals surface area contributed by atoms with Crippen molar-refractivity contribution in [3.63, 3.8) is 0 Å². The molecule has 0 amide bonds. The van der Waals surface area contributed by atoms with E-state index in [0.29, 0.717) is 5.69 Å². The highest BCUT2D eigenvalue weighted by molar-refractivity contribution is 5.13. The lowest BCUT2D eigenvalue weighted by Gasteiger charge is -1.89. The van der Waals surface area contributed by atoms with E-state index in [9.17, 15) is 0 Å². The van der Waals surface area contributed by atoms with Crippen molar-refractivity contribution < 1.29 is 5.11 Å². The van der Waals surface area contributed by atoms with E-state index in [2.05, 4.69) is 10.3 Å².